The number of nitrogens with one attached hydrogen (secondary N) is 1. The van der Waals surface area contributed by atoms with E-state index >= 15 is 0 Å². The number of rotatable bonds is 6. The number of nitrogens with zero attached hydrogens (tertiary/aromatic N) is 2. The summed E-state index contributed by atoms with van der Waals surface area (Å²) in [6.07, 6.45) is 4.21. The fraction of sp³-hybridized carbons (Fsp3) is 0.545. The van der Waals surface area contributed by atoms with Crippen LogP contribution in [0.2, 0.25) is 0 Å². The number of hydrogen-bond donors (Lipinski definition) is 2. The molecule has 6 nitrogen and oxygen atoms in total. The molecule has 1 amide bonds. The van der Waals surface area contributed by atoms with Gasteiger partial charge in [0, 0.05) is 31.9 Å². The zero-order valence-electron chi connectivity index (χ0n) is 10.0. The minimum absolute atomic E-state index is 0.308. The van der Waals surface area contributed by atoms with Crippen LogP contribution >= 0.6 is 0 Å². The summed E-state index contributed by atoms with van der Waals surface area (Å²) in [4.78, 5) is 30.9. The highest BCUT2D eigenvalue weighted by Crippen LogP contribution is 2.07. The molecule has 1 atom stereocenters. The van der Waals surface area contributed by atoms with E-state index in [1.54, 1.807) is 26.5 Å². The molecule has 6 heteroatoms. The number of hydrogen-bond acceptors (Lipinski definition) is 3. The molecule has 0 aromatic carbocycles. The summed E-state index contributed by atoms with van der Waals surface area (Å²) in [7, 11) is 1.62. The fourth-order valence-electron chi connectivity index (χ4n) is 1.54. The fourth-order valence-corrected chi connectivity index (χ4v) is 1.54. The number of carbonyl (C=O) groups excluding carboxylic acids is 1. The molecule has 0 aliphatic carbocycles. The third-order valence-corrected chi connectivity index (χ3v) is 2.65. The first-order valence-electron chi connectivity index (χ1n) is 5.51. The highest BCUT2D eigenvalue weighted by atomic mass is 16.4. The number of aromatic amines is 1. The molecule has 1 aromatic rings. The standard InChI is InChI=1S/C11H17N3O3/c1-3-9(11(16)17)10(15)14(2)5-4-8-6-12-7-13-8/h6-7,9H,3-5H2,1-2H3,(H,12,13)(H,16,17). The lowest BCUT2D eigenvalue weighted by molar-refractivity contribution is -0.150. The van der Waals surface area contributed by atoms with Crippen LogP contribution in [0.25, 0.3) is 0 Å². The van der Waals surface area contributed by atoms with Crippen LogP contribution in [0, 0.1) is 5.92 Å². The van der Waals surface area contributed by atoms with Crippen molar-refractivity contribution in [2.75, 3.05) is 13.6 Å². The summed E-state index contributed by atoms with van der Waals surface area (Å²) in [6.45, 7) is 2.17. The zero-order chi connectivity index (χ0) is 12.8. The van der Waals surface area contributed by atoms with E-state index in [1.807, 2.05) is 0 Å². The Balaban J connectivity index is 2.49. The number of amides is 1. The molecule has 17 heavy (non-hydrogen) atoms. The van der Waals surface area contributed by atoms with E-state index in [2.05, 4.69) is 9.97 Å². The average Bonchev–Trinajstić information content (AvgIpc) is 2.78. The summed E-state index contributed by atoms with van der Waals surface area (Å²) in [6, 6.07) is 0. The van der Waals surface area contributed by atoms with Crippen LogP contribution in [0.5, 0.6) is 0 Å². The predicted molar refractivity (Wildman–Crippen MR) is 61.3 cm³/mol. The van der Waals surface area contributed by atoms with Crippen molar-refractivity contribution >= 4 is 11.9 Å². The zero-order valence-corrected chi connectivity index (χ0v) is 10.0. The molecule has 2 N–H and O–H groups in total. The third kappa shape index (κ3) is 3.58. The molecule has 1 unspecified atom stereocenters. The molecule has 1 heterocycles. The predicted octanol–water partition coefficient (Wildman–Crippen LogP) is 0.521. The summed E-state index contributed by atoms with van der Waals surface area (Å²) in [5.41, 5.74) is 0.924. The minimum atomic E-state index is -1.06. The SMILES string of the molecule is CCC(C(=O)O)C(=O)N(C)CCc1cnc[nH]1. The van der Waals surface area contributed by atoms with Crippen LogP contribution in [0.1, 0.15) is 19.0 Å². The molecule has 94 valence electrons. The Kier molecular flexibility index (Phi) is 4.68. The van der Waals surface area contributed by atoms with E-state index in [4.69, 9.17) is 5.11 Å². The molecule has 0 spiro atoms. The molecule has 0 bridgehead atoms. The van der Waals surface area contributed by atoms with Crippen molar-refractivity contribution in [2.45, 2.75) is 19.8 Å². The van der Waals surface area contributed by atoms with Crippen molar-refractivity contribution in [1.82, 2.24) is 14.9 Å². The van der Waals surface area contributed by atoms with Gasteiger partial charge >= 0.3 is 5.97 Å². The Bertz CT molecular complexity index is 375. The van der Waals surface area contributed by atoms with E-state index < -0.39 is 11.9 Å². The van der Waals surface area contributed by atoms with Gasteiger partial charge in [-0.2, -0.15) is 0 Å². The second-order valence-corrected chi connectivity index (χ2v) is 3.89. The highest BCUT2D eigenvalue weighted by Gasteiger charge is 2.26. The van der Waals surface area contributed by atoms with Gasteiger partial charge in [0.15, 0.2) is 0 Å². The lowest BCUT2D eigenvalue weighted by Crippen LogP contribution is -2.37. The van der Waals surface area contributed by atoms with Crippen molar-refractivity contribution in [3.63, 3.8) is 0 Å². The molecule has 1 aromatic heterocycles. The summed E-state index contributed by atoms with van der Waals surface area (Å²) >= 11 is 0. The molecule has 0 saturated heterocycles. The van der Waals surface area contributed by atoms with Gasteiger partial charge in [-0.25, -0.2) is 4.98 Å². The van der Waals surface area contributed by atoms with Crippen LogP contribution < -0.4 is 0 Å². The van der Waals surface area contributed by atoms with Crippen molar-refractivity contribution in [3.05, 3.63) is 18.2 Å². The number of aliphatic carboxylic acids is 1. The van der Waals surface area contributed by atoms with Gasteiger partial charge < -0.3 is 15.0 Å². The van der Waals surface area contributed by atoms with Crippen LogP contribution in [0.15, 0.2) is 12.5 Å². The molecular weight excluding hydrogens is 222 g/mol. The minimum Gasteiger partial charge on any atom is -0.481 e. The first-order valence-corrected chi connectivity index (χ1v) is 5.51. The highest BCUT2D eigenvalue weighted by molar-refractivity contribution is 5.96. The Morgan fingerprint density at radius 2 is 2.29 bits per heavy atom. The molecule has 0 fully saturated rings. The number of imidazole rings is 1. The van der Waals surface area contributed by atoms with Gasteiger partial charge in [-0.05, 0) is 6.42 Å². The molecular formula is C11H17N3O3. The van der Waals surface area contributed by atoms with Crippen LogP contribution in [0.3, 0.4) is 0 Å². The first kappa shape index (κ1) is 13.2. The molecule has 0 saturated carbocycles. The second kappa shape index (κ2) is 6.03. The number of likely N-dealkylation sites (N-methyl/N-ethyl adjacent to an activating group) is 1. The lowest BCUT2D eigenvalue weighted by Gasteiger charge is -2.20. The molecule has 0 aliphatic heterocycles. The largest absolute Gasteiger partial charge is 0.481 e. The van der Waals surface area contributed by atoms with Crippen molar-refractivity contribution < 1.29 is 14.7 Å². The van der Waals surface area contributed by atoms with Gasteiger partial charge in [-0.3, -0.25) is 9.59 Å². The van der Waals surface area contributed by atoms with Gasteiger partial charge in [0.25, 0.3) is 0 Å². The summed E-state index contributed by atoms with van der Waals surface area (Å²) < 4.78 is 0. The van der Waals surface area contributed by atoms with E-state index in [0.29, 0.717) is 19.4 Å². The van der Waals surface area contributed by atoms with Gasteiger partial charge in [0.05, 0.1) is 6.33 Å². The Morgan fingerprint density at radius 3 is 2.76 bits per heavy atom. The van der Waals surface area contributed by atoms with Crippen LogP contribution in [0.4, 0.5) is 0 Å². The monoisotopic (exact) mass is 239 g/mol. The maximum Gasteiger partial charge on any atom is 0.316 e. The Labute approximate surface area is 99.7 Å². The lowest BCUT2D eigenvalue weighted by atomic mass is 10.1. The van der Waals surface area contributed by atoms with E-state index in [1.165, 1.54) is 4.90 Å². The van der Waals surface area contributed by atoms with E-state index in [9.17, 15) is 9.59 Å². The smallest absolute Gasteiger partial charge is 0.316 e. The Morgan fingerprint density at radius 1 is 1.59 bits per heavy atom. The summed E-state index contributed by atoms with van der Waals surface area (Å²) in [5.74, 6) is -2.35. The van der Waals surface area contributed by atoms with Gasteiger partial charge in [0.1, 0.15) is 5.92 Å². The summed E-state index contributed by atoms with van der Waals surface area (Å²) in [5, 5.41) is 8.88. The van der Waals surface area contributed by atoms with Crippen molar-refractivity contribution in [2.24, 2.45) is 5.92 Å². The maximum atomic E-state index is 11.8. The molecule has 1 rings (SSSR count). The Hall–Kier alpha value is -1.85. The average molecular weight is 239 g/mol. The van der Waals surface area contributed by atoms with Crippen molar-refractivity contribution in [3.8, 4) is 0 Å². The van der Waals surface area contributed by atoms with Gasteiger partial charge in [-0.15, -0.1) is 0 Å². The van der Waals surface area contributed by atoms with E-state index in [0.717, 1.165) is 5.69 Å². The normalized spacial score (nSPS) is 12.1. The molecule has 0 radical (unpaired) electrons. The number of carbonyl (C=O) groups is 2. The third-order valence-electron chi connectivity index (χ3n) is 2.65. The number of carboxylic acids is 1. The van der Waals surface area contributed by atoms with Gasteiger partial charge in [0.2, 0.25) is 5.91 Å². The van der Waals surface area contributed by atoms with Crippen molar-refractivity contribution in [1.29, 1.82) is 0 Å². The maximum absolute atomic E-state index is 11.8. The number of aromatic nitrogens is 2. The number of H-pyrrole nitrogens is 1. The quantitative estimate of drug-likeness (QED) is 0.709. The van der Waals surface area contributed by atoms with Crippen LogP contribution in [-0.2, 0) is 16.0 Å². The van der Waals surface area contributed by atoms with Crippen LogP contribution in [-0.4, -0.2) is 45.4 Å². The van der Waals surface area contributed by atoms with E-state index in [-0.39, 0.29) is 5.91 Å². The van der Waals surface area contributed by atoms with Gasteiger partial charge in [-0.1, -0.05) is 6.92 Å². The first-order chi connectivity index (χ1) is 8.06. The topological polar surface area (TPSA) is 86.3 Å². The second-order valence-electron chi connectivity index (χ2n) is 3.89. The number of carboxylic acid groups (broad SMARTS) is 1. The molecule has 0 aliphatic rings.